The minimum absolute atomic E-state index is 0.116. The number of benzene rings is 2. The SMILES string of the molecule is CC.CC.CC(NC(=O)c1cc2cccc(F)c2[nH]1)c1ccccc1. The monoisotopic (exact) mass is 342 g/mol. The molecule has 2 aromatic carbocycles. The third kappa shape index (κ3) is 5.18. The van der Waals surface area contributed by atoms with Gasteiger partial charge < -0.3 is 10.3 Å². The van der Waals surface area contributed by atoms with E-state index in [1.54, 1.807) is 18.2 Å². The Morgan fingerprint density at radius 1 is 1.00 bits per heavy atom. The van der Waals surface area contributed by atoms with Gasteiger partial charge in [-0.15, -0.1) is 0 Å². The molecule has 1 heterocycles. The van der Waals surface area contributed by atoms with E-state index in [1.807, 2.05) is 65.0 Å². The highest BCUT2D eigenvalue weighted by atomic mass is 19.1. The van der Waals surface area contributed by atoms with Crippen LogP contribution in [0.3, 0.4) is 0 Å². The van der Waals surface area contributed by atoms with E-state index in [-0.39, 0.29) is 17.8 Å². The first-order valence-electron chi connectivity index (χ1n) is 8.78. The van der Waals surface area contributed by atoms with Gasteiger partial charge in [-0.1, -0.05) is 70.2 Å². The quantitative estimate of drug-likeness (QED) is 0.616. The molecule has 0 aliphatic carbocycles. The lowest BCUT2D eigenvalue weighted by Crippen LogP contribution is -2.26. The molecule has 4 heteroatoms. The number of carbonyl (C=O) groups is 1. The lowest BCUT2D eigenvalue weighted by Gasteiger charge is -2.13. The number of hydrogen-bond acceptors (Lipinski definition) is 1. The summed E-state index contributed by atoms with van der Waals surface area (Å²) in [6.45, 7) is 9.91. The van der Waals surface area contributed by atoms with Crippen molar-refractivity contribution in [3.05, 3.63) is 71.7 Å². The van der Waals surface area contributed by atoms with Gasteiger partial charge in [0, 0.05) is 5.39 Å². The lowest BCUT2D eigenvalue weighted by molar-refractivity contribution is 0.0935. The molecule has 3 nitrogen and oxygen atoms in total. The van der Waals surface area contributed by atoms with Crippen LogP contribution in [0.15, 0.2) is 54.6 Å². The number of H-pyrrole nitrogens is 1. The maximum Gasteiger partial charge on any atom is 0.268 e. The van der Waals surface area contributed by atoms with Crippen molar-refractivity contribution in [3.63, 3.8) is 0 Å². The molecule has 3 rings (SSSR count). The Balaban J connectivity index is 0.000000730. The van der Waals surface area contributed by atoms with Crippen molar-refractivity contribution in [2.75, 3.05) is 0 Å². The molecule has 0 fully saturated rings. The van der Waals surface area contributed by atoms with E-state index in [9.17, 15) is 9.18 Å². The van der Waals surface area contributed by atoms with Crippen molar-refractivity contribution in [3.8, 4) is 0 Å². The second-order valence-corrected chi connectivity index (χ2v) is 4.99. The van der Waals surface area contributed by atoms with Crippen LogP contribution in [0.5, 0.6) is 0 Å². The first kappa shape index (κ1) is 20.4. The summed E-state index contributed by atoms with van der Waals surface area (Å²) < 4.78 is 13.6. The molecule has 0 saturated heterocycles. The zero-order chi connectivity index (χ0) is 18.8. The Labute approximate surface area is 149 Å². The number of aromatic nitrogens is 1. The molecular formula is C21H27FN2O. The number of amides is 1. The molecule has 1 amide bonds. The molecular weight excluding hydrogens is 315 g/mol. The molecule has 0 radical (unpaired) electrons. The molecule has 0 bridgehead atoms. The Hall–Kier alpha value is -2.62. The zero-order valence-corrected chi connectivity index (χ0v) is 15.6. The van der Waals surface area contributed by atoms with E-state index >= 15 is 0 Å². The fourth-order valence-electron chi connectivity index (χ4n) is 2.34. The maximum absolute atomic E-state index is 13.6. The predicted octanol–water partition coefficient (Wildman–Crippen LogP) is 5.85. The molecule has 3 aromatic rings. The number of aromatic amines is 1. The van der Waals surface area contributed by atoms with Crippen LogP contribution in [0.4, 0.5) is 4.39 Å². The first-order valence-corrected chi connectivity index (χ1v) is 8.78. The molecule has 1 unspecified atom stereocenters. The Kier molecular flexibility index (Phi) is 8.40. The number of fused-ring (bicyclic) bond motifs is 1. The van der Waals surface area contributed by atoms with Crippen LogP contribution in [0.1, 0.15) is 56.7 Å². The summed E-state index contributed by atoms with van der Waals surface area (Å²) in [7, 11) is 0. The van der Waals surface area contributed by atoms with Gasteiger partial charge in [0.2, 0.25) is 0 Å². The third-order valence-electron chi connectivity index (χ3n) is 3.50. The van der Waals surface area contributed by atoms with Gasteiger partial charge in [0.1, 0.15) is 11.5 Å². The van der Waals surface area contributed by atoms with Crippen LogP contribution < -0.4 is 5.32 Å². The van der Waals surface area contributed by atoms with Crippen LogP contribution in [0, 0.1) is 5.82 Å². The van der Waals surface area contributed by atoms with Crippen molar-refractivity contribution < 1.29 is 9.18 Å². The molecule has 134 valence electrons. The van der Waals surface area contributed by atoms with Gasteiger partial charge in [0.25, 0.3) is 5.91 Å². The molecule has 0 aliphatic heterocycles. The van der Waals surface area contributed by atoms with Gasteiger partial charge in [0.15, 0.2) is 0 Å². The highest BCUT2D eigenvalue weighted by molar-refractivity contribution is 5.98. The molecule has 2 N–H and O–H groups in total. The number of carbonyl (C=O) groups excluding carboxylic acids is 1. The van der Waals surface area contributed by atoms with Gasteiger partial charge in [-0.05, 0) is 24.6 Å². The summed E-state index contributed by atoms with van der Waals surface area (Å²) in [4.78, 5) is 15.1. The molecule has 1 atom stereocenters. The summed E-state index contributed by atoms with van der Waals surface area (Å²) in [5.74, 6) is -0.607. The largest absolute Gasteiger partial charge is 0.348 e. The number of halogens is 1. The van der Waals surface area contributed by atoms with Crippen LogP contribution in [-0.2, 0) is 0 Å². The number of rotatable bonds is 3. The third-order valence-corrected chi connectivity index (χ3v) is 3.50. The fourth-order valence-corrected chi connectivity index (χ4v) is 2.34. The molecule has 25 heavy (non-hydrogen) atoms. The summed E-state index contributed by atoms with van der Waals surface area (Å²) in [6, 6.07) is 16.0. The van der Waals surface area contributed by atoms with Crippen molar-refractivity contribution >= 4 is 16.8 Å². The number of para-hydroxylation sites is 1. The summed E-state index contributed by atoms with van der Waals surface area (Å²) in [5, 5.41) is 3.59. The Morgan fingerprint density at radius 2 is 1.64 bits per heavy atom. The van der Waals surface area contributed by atoms with Gasteiger partial charge in [-0.3, -0.25) is 4.79 Å². The number of nitrogens with one attached hydrogen (secondary N) is 2. The average molecular weight is 342 g/mol. The standard InChI is InChI=1S/C17H15FN2O.2C2H6/c1-11(12-6-3-2-4-7-12)19-17(21)15-10-13-8-5-9-14(18)16(13)20-15;2*1-2/h2-11,20H,1H3,(H,19,21);2*1-2H3. The predicted molar refractivity (Wildman–Crippen MR) is 103 cm³/mol. The molecule has 0 spiro atoms. The Morgan fingerprint density at radius 3 is 2.24 bits per heavy atom. The number of hydrogen-bond donors (Lipinski definition) is 2. The van der Waals surface area contributed by atoms with E-state index in [0.29, 0.717) is 16.6 Å². The highest BCUT2D eigenvalue weighted by Crippen LogP contribution is 2.19. The fraction of sp³-hybridized carbons (Fsp3) is 0.286. The van der Waals surface area contributed by atoms with Crippen LogP contribution in [-0.4, -0.2) is 10.9 Å². The van der Waals surface area contributed by atoms with E-state index in [4.69, 9.17) is 0 Å². The van der Waals surface area contributed by atoms with E-state index in [2.05, 4.69) is 10.3 Å². The van der Waals surface area contributed by atoms with Gasteiger partial charge in [-0.25, -0.2) is 4.39 Å². The van der Waals surface area contributed by atoms with Crippen LogP contribution in [0.25, 0.3) is 10.9 Å². The average Bonchev–Trinajstić information content (AvgIpc) is 3.12. The van der Waals surface area contributed by atoms with Gasteiger partial charge in [-0.2, -0.15) is 0 Å². The van der Waals surface area contributed by atoms with E-state index in [1.165, 1.54) is 6.07 Å². The second kappa shape index (κ2) is 10.3. The van der Waals surface area contributed by atoms with E-state index in [0.717, 1.165) is 5.56 Å². The van der Waals surface area contributed by atoms with Crippen molar-refractivity contribution in [2.45, 2.75) is 40.7 Å². The molecule has 0 saturated carbocycles. The van der Waals surface area contributed by atoms with Crippen LogP contribution >= 0.6 is 0 Å². The summed E-state index contributed by atoms with van der Waals surface area (Å²) >= 11 is 0. The van der Waals surface area contributed by atoms with Crippen molar-refractivity contribution in [2.24, 2.45) is 0 Å². The maximum atomic E-state index is 13.6. The van der Waals surface area contributed by atoms with E-state index < -0.39 is 0 Å². The van der Waals surface area contributed by atoms with Gasteiger partial charge >= 0.3 is 0 Å². The molecule has 1 aromatic heterocycles. The first-order chi connectivity index (χ1) is 12.1. The minimum atomic E-state index is -0.359. The van der Waals surface area contributed by atoms with Crippen LogP contribution in [0.2, 0.25) is 0 Å². The minimum Gasteiger partial charge on any atom is -0.348 e. The second-order valence-electron chi connectivity index (χ2n) is 4.99. The smallest absolute Gasteiger partial charge is 0.268 e. The highest BCUT2D eigenvalue weighted by Gasteiger charge is 2.14. The summed E-state index contributed by atoms with van der Waals surface area (Å²) in [5.41, 5.74) is 1.74. The zero-order valence-electron chi connectivity index (χ0n) is 15.6. The normalized spacial score (nSPS) is 10.8. The van der Waals surface area contributed by atoms with Gasteiger partial charge in [0.05, 0.1) is 11.6 Å². The topological polar surface area (TPSA) is 44.9 Å². The summed E-state index contributed by atoms with van der Waals surface area (Å²) in [6.07, 6.45) is 0. The molecule has 0 aliphatic rings. The lowest BCUT2D eigenvalue weighted by atomic mass is 10.1. The van der Waals surface area contributed by atoms with Crippen molar-refractivity contribution in [1.29, 1.82) is 0 Å². The van der Waals surface area contributed by atoms with Crippen molar-refractivity contribution in [1.82, 2.24) is 10.3 Å². The Bertz CT molecular complexity index is 781.